The summed E-state index contributed by atoms with van der Waals surface area (Å²) >= 11 is 2.14. The minimum atomic E-state index is -0.781. The van der Waals surface area contributed by atoms with Crippen molar-refractivity contribution in [1.29, 1.82) is 0 Å². The Kier molecular flexibility index (Phi) is 9.05. The van der Waals surface area contributed by atoms with Crippen LogP contribution in [0.2, 0.25) is 0 Å². The molecule has 3 aromatic heterocycles. The fourth-order valence-corrected chi connectivity index (χ4v) is 4.42. The summed E-state index contributed by atoms with van der Waals surface area (Å²) in [6.45, 7) is 6.15. The maximum atomic E-state index is 11.8. The first-order chi connectivity index (χ1) is 16.7. The first-order valence-electron chi connectivity index (χ1n) is 11.3. The van der Waals surface area contributed by atoms with E-state index in [4.69, 9.17) is 14.5 Å². The second kappa shape index (κ2) is 11.8. The molecule has 0 saturated carbocycles. The van der Waals surface area contributed by atoms with Gasteiger partial charge in [-0.25, -0.2) is 19.7 Å². The number of anilines is 1. The monoisotopic (exact) mass is 596 g/mol. The Morgan fingerprint density at radius 2 is 2.06 bits per heavy atom. The van der Waals surface area contributed by atoms with Gasteiger partial charge in [0, 0.05) is 12.6 Å². The number of hydrogen-bond donors (Lipinski definition) is 3. The summed E-state index contributed by atoms with van der Waals surface area (Å²) in [5.41, 5.74) is 1.87. The number of pyridine rings is 1. The smallest absolute Gasteiger partial charge is 0.407 e. The van der Waals surface area contributed by atoms with E-state index >= 15 is 0 Å². The molecule has 0 spiro atoms. The topological polar surface area (TPSA) is 136 Å². The average Bonchev–Trinajstić information content (AvgIpc) is 3.15. The third-order valence-electron chi connectivity index (χ3n) is 5.58. The van der Waals surface area contributed by atoms with Gasteiger partial charge < -0.3 is 25.2 Å². The van der Waals surface area contributed by atoms with Gasteiger partial charge in [-0.2, -0.15) is 5.10 Å². The number of aromatic nitrogens is 5. The number of methoxy groups -OCH3 is 2. The lowest BCUT2D eigenvalue weighted by atomic mass is 9.99. The number of aliphatic hydroxyl groups is 1. The van der Waals surface area contributed by atoms with E-state index in [-0.39, 0.29) is 19.2 Å². The highest BCUT2D eigenvalue weighted by Gasteiger charge is 2.27. The second-order valence-electron chi connectivity index (χ2n) is 8.55. The minimum Gasteiger partial charge on any atom is -0.495 e. The quantitative estimate of drug-likeness (QED) is 0.285. The van der Waals surface area contributed by atoms with Crippen LogP contribution in [-0.4, -0.2) is 62.8 Å². The van der Waals surface area contributed by atoms with Crippen LogP contribution in [0.1, 0.15) is 51.4 Å². The van der Waals surface area contributed by atoms with Crippen LogP contribution >= 0.6 is 22.6 Å². The zero-order valence-electron chi connectivity index (χ0n) is 20.6. The number of halogens is 1. The third kappa shape index (κ3) is 6.28. The van der Waals surface area contributed by atoms with E-state index in [0.29, 0.717) is 44.1 Å². The van der Waals surface area contributed by atoms with Gasteiger partial charge in [-0.15, -0.1) is 0 Å². The lowest BCUT2D eigenvalue weighted by Crippen LogP contribution is -2.41. The Morgan fingerprint density at radius 1 is 1.29 bits per heavy atom. The van der Waals surface area contributed by atoms with Crippen molar-refractivity contribution in [2.24, 2.45) is 0 Å². The predicted molar refractivity (Wildman–Crippen MR) is 139 cm³/mol. The van der Waals surface area contributed by atoms with Crippen molar-refractivity contribution in [2.75, 3.05) is 26.1 Å². The van der Waals surface area contributed by atoms with Crippen molar-refractivity contribution < 1.29 is 19.4 Å². The maximum Gasteiger partial charge on any atom is 0.407 e. The van der Waals surface area contributed by atoms with E-state index in [9.17, 15) is 9.90 Å². The molecule has 11 nitrogen and oxygen atoms in total. The maximum absolute atomic E-state index is 11.8. The molecular formula is C23H31IN7O4. The van der Waals surface area contributed by atoms with Gasteiger partial charge >= 0.3 is 6.09 Å². The molecule has 12 heteroatoms. The summed E-state index contributed by atoms with van der Waals surface area (Å²) in [7, 11) is 2.90. The van der Waals surface area contributed by atoms with Crippen LogP contribution in [0.5, 0.6) is 5.75 Å². The average molecular weight is 596 g/mol. The van der Waals surface area contributed by atoms with Gasteiger partial charge in [0.2, 0.25) is 6.33 Å². The third-order valence-corrected chi connectivity index (χ3v) is 6.31. The van der Waals surface area contributed by atoms with Crippen LogP contribution in [0, 0.1) is 10.0 Å². The van der Waals surface area contributed by atoms with Gasteiger partial charge in [-0.3, -0.25) is 4.68 Å². The molecule has 35 heavy (non-hydrogen) atoms. The molecule has 3 rings (SSSR count). The molecule has 1 radical (unpaired) electrons. The zero-order valence-corrected chi connectivity index (χ0v) is 22.7. The standard InChI is InChI=1S/C23H31IN7O4/c1-6-7-14(10-11-32)27-21-19-18(25-13-26-21)20(24)30-31(19)12-15-16(34-4)8-9-17(28-15)23(2,3)29-22(33)35-5/h8-9,14,32H,6-7,10-12H2,1-5H3,(H,29,33)(H,25,26,27)/t14-/m0/s1. The zero-order chi connectivity index (χ0) is 25.6. The predicted octanol–water partition coefficient (Wildman–Crippen LogP) is 3.24. The number of carbonyl (C=O) groups is 1. The van der Waals surface area contributed by atoms with Crippen molar-refractivity contribution >= 4 is 45.5 Å². The summed E-state index contributed by atoms with van der Waals surface area (Å²) in [6, 6.07) is 3.67. The van der Waals surface area contributed by atoms with E-state index < -0.39 is 11.6 Å². The van der Waals surface area contributed by atoms with Gasteiger partial charge in [-0.05, 0) is 61.4 Å². The van der Waals surface area contributed by atoms with Crippen molar-refractivity contribution in [3.05, 3.63) is 33.5 Å². The lowest BCUT2D eigenvalue weighted by molar-refractivity contribution is 0.159. The first kappa shape index (κ1) is 26.9. The number of ether oxygens (including phenoxy) is 2. The molecule has 1 atom stereocenters. The summed E-state index contributed by atoms with van der Waals surface area (Å²) in [6.07, 6.45) is 4.62. The van der Waals surface area contributed by atoms with E-state index in [1.165, 1.54) is 7.11 Å². The van der Waals surface area contributed by atoms with Crippen molar-refractivity contribution in [3.8, 4) is 5.75 Å². The molecule has 189 valence electrons. The first-order valence-corrected chi connectivity index (χ1v) is 12.4. The molecule has 1 amide bonds. The molecule has 0 aromatic carbocycles. The van der Waals surface area contributed by atoms with E-state index in [1.807, 2.05) is 19.9 Å². The Bertz CT molecular complexity index is 1160. The molecule has 3 heterocycles. The highest BCUT2D eigenvalue weighted by atomic mass is 127. The number of rotatable bonds is 11. The summed E-state index contributed by atoms with van der Waals surface area (Å²) < 4.78 is 12.8. The minimum absolute atomic E-state index is 0.0543. The fourth-order valence-electron chi connectivity index (χ4n) is 3.78. The van der Waals surface area contributed by atoms with E-state index in [1.54, 1.807) is 17.9 Å². The van der Waals surface area contributed by atoms with Crippen LogP contribution in [0.15, 0.2) is 12.1 Å². The Morgan fingerprint density at radius 3 is 2.71 bits per heavy atom. The number of alkyl carbamates (subject to hydrolysis) is 1. The van der Waals surface area contributed by atoms with Crippen molar-refractivity contribution in [2.45, 2.75) is 58.2 Å². The number of nitrogens with one attached hydrogen (secondary N) is 2. The van der Waals surface area contributed by atoms with Crippen LogP contribution < -0.4 is 15.4 Å². The molecule has 3 N–H and O–H groups in total. The van der Waals surface area contributed by atoms with Crippen LogP contribution in [0.4, 0.5) is 10.6 Å². The molecule has 0 fully saturated rings. The van der Waals surface area contributed by atoms with Gasteiger partial charge in [0.05, 0.1) is 32.0 Å². The number of aliphatic hydroxyl groups excluding tert-OH is 1. The highest BCUT2D eigenvalue weighted by molar-refractivity contribution is 14.1. The normalized spacial score (nSPS) is 12.4. The van der Waals surface area contributed by atoms with Gasteiger partial charge in [0.1, 0.15) is 26.2 Å². The van der Waals surface area contributed by atoms with E-state index in [0.717, 1.165) is 12.8 Å². The fraction of sp³-hybridized carbons (Fsp3) is 0.522. The van der Waals surface area contributed by atoms with Crippen molar-refractivity contribution in [3.63, 3.8) is 0 Å². The molecule has 0 aliphatic rings. The summed E-state index contributed by atoms with van der Waals surface area (Å²) in [5.74, 6) is 1.18. The summed E-state index contributed by atoms with van der Waals surface area (Å²) in [5, 5.41) is 20.4. The van der Waals surface area contributed by atoms with E-state index in [2.05, 4.69) is 61.5 Å². The van der Waals surface area contributed by atoms with Crippen LogP contribution in [0.25, 0.3) is 11.0 Å². The SMILES string of the molecule is CCC[C@@H](CCO)Nc1n[c]nc2c(I)nn(Cc3nc(C(C)(C)NC(=O)OC)ccc3OC)c12. The van der Waals surface area contributed by atoms with Gasteiger partial charge in [-0.1, -0.05) is 13.3 Å². The molecule has 0 aliphatic carbocycles. The summed E-state index contributed by atoms with van der Waals surface area (Å²) in [4.78, 5) is 25.3. The van der Waals surface area contributed by atoms with Crippen LogP contribution in [0.3, 0.4) is 0 Å². The number of fused-ring (bicyclic) bond motifs is 1. The Hall–Kier alpha value is -2.74. The number of carbonyl (C=O) groups excluding carboxylic acids is 1. The van der Waals surface area contributed by atoms with Crippen LogP contribution in [-0.2, 0) is 16.8 Å². The van der Waals surface area contributed by atoms with Crippen molar-refractivity contribution in [1.82, 2.24) is 30.0 Å². The molecule has 0 bridgehead atoms. The number of hydrogen-bond acceptors (Lipinski definition) is 9. The Labute approximate surface area is 218 Å². The second-order valence-corrected chi connectivity index (χ2v) is 9.57. The molecule has 3 aromatic rings. The highest BCUT2D eigenvalue weighted by Crippen LogP contribution is 2.28. The lowest BCUT2D eigenvalue weighted by Gasteiger charge is -2.26. The van der Waals surface area contributed by atoms with Gasteiger partial charge in [0.25, 0.3) is 0 Å². The molecule has 0 saturated heterocycles. The largest absolute Gasteiger partial charge is 0.495 e. The molecule has 0 unspecified atom stereocenters. The molecular weight excluding hydrogens is 565 g/mol. The Balaban J connectivity index is 2.03. The number of amides is 1. The van der Waals surface area contributed by atoms with Gasteiger partial charge in [0.15, 0.2) is 5.82 Å². The molecule has 0 aliphatic heterocycles. The number of nitrogens with zero attached hydrogens (tertiary/aromatic N) is 5.